The minimum Gasteiger partial charge on any atom is -0.534 e. The van der Waals surface area contributed by atoms with Gasteiger partial charge in [-0.3, -0.25) is 4.79 Å². The van der Waals surface area contributed by atoms with Gasteiger partial charge in [0.2, 0.25) is 5.60 Å². The number of nitrogens with one attached hydrogen (secondary N) is 1. The number of amides is 1. The first-order chi connectivity index (χ1) is 15.4. The van der Waals surface area contributed by atoms with Crippen molar-refractivity contribution < 1.29 is 44.2 Å². The number of hydrogen-bond acceptors (Lipinski definition) is 11. The molecule has 1 aliphatic rings. The van der Waals surface area contributed by atoms with Crippen molar-refractivity contribution in [2.45, 2.75) is 31.8 Å². The summed E-state index contributed by atoms with van der Waals surface area (Å²) in [7, 11) is -1.64. The smallest absolute Gasteiger partial charge is 0.534 e. The molecule has 1 atom stereocenters. The third kappa shape index (κ3) is 5.15. The Bertz CT molecular complexity index is 1150. The number of aromatic hydroxyl groups is 1. The van der Waals surface area contributed by atoms with E-state index < -0.39 is 42.2 Å². The number of carboxylic acids is 2. The van der Waals surface area contributed by atoms with E-state index in [1.54, 1.807) is 0 Å². The molecule has 174 valence electrons. The minimum atomic E-state index is -1.76. The molecule has 0 unspecified atom stereocenters. The van der Waals surface area contributed by atoms with Crippen molar-refractivity contribution in [3.8, 4) is 11.5 Å². The van der Waals surface area contributed by atoms with Crippen LogP contribution in [0, 0.1) is 0 Å². The first kappa shape index (κ1) is 23.8. The van der Waals surface area contributed by atoms with Gasteiger partial charge in [-0.25, -0.2) is 14.6 Å². The van der Waals surface area contributed by atoms with E-state index in [-0.39, 0.29) is 39.9 Å². The molecule has 15 heteroatoms. The summed E-state index contributed by atoms with van der Waals surface area (Å²) in [4.78, 5) is 44.6. The number of rotatable bonds is 7. The van der Waals surface area contributed by atoms with E-state index in [1.165, 1.54) is 25.3 Å². The molecule has 0 radical (unpaired) electrons. The molecule has 33 heavy (non-hydrogen) atoms. The van der Waals surface area contributed by atoms with Gasteiger partial charge >= 0.3 is 19.1 Å². The van der Waals surface area contributed by atoms with Gasteiger partial charge in [-0.05, 0) is 38.0 Å². The van der Waals surface area contributed by atoms with Gasteiger partial charge in [-0.2, -0.15) is 0 Å². The zero-order valence-corrected chi connectivity index (χ0v) is 18.1. The van der Waals surface area contributed by atoms with Crippen LogP contribution in [0.5, 0.6) is 11.5 Å². The van der Waals surface area contributed by atoms with Crippen molar-refractivity contribution in [3.05, 3.63) is 34.3 Å². The van der Waals surface area contributed by atoms with Crippen LogP contribution in [0.1, 0.15) is 35.5 Å². The lowest BCUT2D eigenvalue weighted by atomic mass is 9.72. The lowest BCUT2D eigenvalue weighted by Gasteiger charge is -2.29. The molecule has 1 amide bonds. The quantitative estimate of drug-likeness (QED) is 0.175. The molecule has 1 aromatic heterocycles. The third-order valence-corrected chi connectivity index (χ3v) is 5.25. The molecule has 0 aliphatic carbocycles. The normalized spacial score (nSPS) is 15.9. The maximum Gasteiger partial charge on any atom is 0.547 e. The summed E-state index contributed by atoms with van der Waals surface area (Å²) >= 11 is 1.01. The molecule has 0 saturated heterocycles. The molecular weight excluding hydrogens is 459 g/mol. The number of carboxylic acid groups (broad SMARTS) is 2. The Morgan fingerprint density at radius 2 is 2.06 bits per heavy atom. The van der Waals surface area contributed by atoms with E-state index in [1.807, 2.05) is 0 Å². The Kier molecular flexibility index (Phi) is 6.46. The number of aromatic carboxylic acids is 1. The maximum absolute atomic E-state index is 13.0. The van der Waals surface area contributed by atoms with Crippen molar-refractivity contribution in [1.29, 1.82) is 0 Å². The number of nitrogens with zero attached hydrogens (tertiary/aromatic N) is 2. The molecule has 3 rings (SSSR count). The van der Waals surface area contributed by atoms with Gasteiger partial charge in [0.1, 0.15) is 22.8 Å². The number of nitrogens with two attached hydrogens (primary N) is 1. The molecule has 0 bridgehead atoms. The molecule has 2 heterocycles. The van der Waals surface area contributed by atoms with Crippen LogP contribution < -0.4 is 15.7 Å². The van der Waals surface area contributed by atoms with Crippen LogP contribution in [0.3, 0.4) is 0 Å². The highest BCUT2D eigenvalue weighted by molar-refractivity contribution is 7.13. The molecule has 0 fully saturated rings. The minimum absolute atomic E-state index is 0.00798. The fourth-order valence-corrected chi connectivity index (χ4v) is 3.37. The molecule has 1 aromatic carbocycles. The number of fused-ring (bicyclic) bond motifs is 1. The van der Waals surface area contributed by atoms with Gasteiger partial charge < -0.3 is 40.9 Å². The zero-order valence-electron chi connectivity index (χ0n) is 17.3. The number of carbonyl (C=O) groups is 3. The Hall–Kier alpha value is -3.85. The van der Waals surface area contributed by atoms with Crippen LogP contribution in [-0.2, 0) is 20.8 Å². The second-order valence-corrected chi connectivity index (χ2v) is 8.39. The summed E-state index contributed by atoms with van der Waals surface area (Å²) in [5, 5.41) is 46.3. The van der Waals surface area contributed by atoms with Gasteiger partial charge in [-0.15, -0.1) is 11.3 Å². The van der Waals surface area contributed by atoms with E-state index in [9.17, 15) is 34.7 Å². The van der Waals surface area contributed by atoms with Crippen LogP contribution in [0.25, 0.3) is 0 Å². The third-order valence-electron chi connectivity index (χ3n) is 4.58. The van der Waals surface area contributed by atoms with Crippen molar-refractivity contribution >= 4 is 47.1 Å². The number of nitrogen functional groups attached to an aromatic ring is 1. The lowest BCUT2D eigenvalue weighted by molar-refractivity contribution is -0.161. The van der Waals surface area contributed by atoms with Gasteiger partial charge in [0.15, 0.2) is 10.8 Å². The van der Waals surface area contributed by atoms with Crippen LogP contribution in [0.4, 0.5) is 5.13 Å². The second kappa shape index (κ2) is 8.95. The summed E-state index contributed by atoms with van der Waals surface area (Å²) in [6, 6.07) is 2.23. The van der Waals surface area contributed by atoms with E-state index in [4.69, 9.17) is 15.2 Å². The Morgan fingerprint density at radius 3 is 2.64 bits per heavy atom. The van der Waals surface area contributed by atoms with E-state index in [0.717, 1.165) is 17.4 Å². The van der Waals surface area contributed by atoms with E-state index in [2.05, 4.69) is 15.5 Å². The predicted molar refractivity (Wildman–Crippen MR) is 115 cm³/mol. The highest BCUT2D eigenvalue weighted by atomic mass is 32.1. The Morgan fingerprint density at radius 1 is 1.36 bits per heavy atom. The number of aliphatic carboxylic acids is 1. The first-order valence-electron chi connectivity index (χ1n) is 9.34. The number of anilines is 1. The van der Waals surface area contributed by atoms with Crippen LogP contribution in [-0.4, -0.2) is 67.5 Å². The fraction of sp³-hybridized carbons (Fsp3) is 0.278. The maximum atomic E-state index is 13.0. The highest BCUT2D eigenvalue weighted by Gasteiger charge is 2.39. The summed E-state index contributed by atoms with van der Waals surface area (Å²) in [6.07, 6.45) is -0.0924. The highest BCUT2D eigenvalue weighted by Crippen LogP contribution is 2.33. The van der Waals surface area contributed by atoms with E-state index >= 15 is 0 Å². The number of aromatic nitrogens is 1. The molecular formula is C18H19BN4O9S. The number of carbonyl (C=O) groups excluding carboxylic acids is 1. The van der Waals surface area contributed by atoms with Crippen molar-refractivity contribution in [1.82, 2.24) is 10.3 Å². The average molecular weight is 478 g/mol. The molecule has 7 N–H and O–H groups in total. The number of phenolic OH excluding ortho intramolecular Hbond substituents is 1. The Balaban J connectivity index is 1.88. The van der Waals surface area contributed by atoms with Gasteiger partial charge in [0.25, 0.3) is 5.91 Å². The SMILES string of the molecule is CC(C)(O/N=C(\C(=O)N[C@H]1Cc2cc(O)cc(C(=O)O)c2OB1O)c1csc(N)n1)C(=O)O. The monoisotopic (exact) mass is 478 g/mol. The van der Waals surface area contributed by atoms with Crippen molar-refractivity contribution in [2.24, 2.45) is 5.16 Å². The standard InChI is InChI=1S/C18H19BN4O9S/c1-18(2,16(28)29)32-23-12(10-6-33-17(20)21-10)14(25)22-11-4-7-3-8(24)5-9(15(26)27)13(7)31-19(11)30/h3,5-6,11,24,30H,4H2,1-2H3,(H2,20,21)(H,22,25)(H,26,27)(H,28,29)/b23-12-/t11-/m0/s1. The number of benzene rings is 1. The molecule has 0 spiro atoms. The number of phenols is 1. The number of thiazole rings is 1. The summed E-state index contributed by atoms with van der Waals surface area (Å²) in [5.41, 5.74) is 3.35. The molecule has 0 saturated carbocycles. The topological polar surface area (TPSA) is 214 Å². The van der Waals surface area contributed by atoms with Gasteiger partial charge in [-0.1, -0.05) is 5.16 Å². The van der Waals surface area contributed by atoms with Gasteiger partial charge in [0, 0.05) is 5.38 Å². The van der Waals surface area contributed by atoms with E-state index in [0.29, 0.717) is 0 Å². The average Bonchev–Trinajstić information content (AvgIpc) is 3.14. The number of hydrogen-bond donors (Lipinski definition) is 6. The lowest BCUT2D eigenvalue weighted by Crippen LogP contribution is -2.54. The van der Waals surface area contributed by atoms with Gasteiger partial charge in [0.05, 0.1) is 5.94 Å². The van der Waals surface area contributed by atoms with Crippen molar-refractivity contribution in [3.63, 3.8) is 0 Å². The molecule has 1 aliphatic heterocycles. The largest absolute Gasteiger partial charge is 0.547 e. The summed E-state index contributed by atoms with van der Waals surface area (Å²) in [5.74, 6) is -5.14. The second-order valence-electron chi connectivity index (χ2n) is 7.50. The van der Waals surface area contributed by atoms with Crippen molar-refractivity contribution in [2.75, 3.05) is 5.73 Å². The van der Waals surface area contributed by atoms with Crippen LogP contribution >= 0.6 is 11.3 Å². The molecule has 2 aromatic rings. The number of oxime groups is 1. The summed E-state index contributed by atoms with van der Waals surface area (Å²) in [6.45, 7) is 2.46. The predicted octanol–water partition coefficient (Wildman–Crippen LogP) is -0.147. The summed E-state index contributed by atoms with van der Waals surface area (Å²) < 4.78 is 5.29. The Labute approximate surface area is 190 Å². The zero-order chi connectivity index (χ0) is 24.5. The van der Waals surface area contributed by atoms with Crippen LogP contribution in [0.2, 0.25) is 0 Å². The molecule has 13 nitrogen and oxygen atoms in total. The first-order valence-corrected chi connectivity index (χ1v) is 10.2. The van der Waals surface area contributed by atoms with Crippen LogP contribution in [0.15, 0.2) is 22.7 Å². The fourth-order valence-electron chi connectivity index (χ4n) is 2.82.